The van der Waals surface area contributed by atoms with Crippen LogP contribution in [0.2, 0.25) is 0 Å². The molecule has 1 aromatic heterocycles. The van der Waals surface area contributed by atoms with E-state index >= 15 is 0 Å². The molecule has 0 spiro atoms. The minimum atomic E-state index is -4.53. The second-order valence-corrected chi connectivity index (χ2v) is 6.28. The van der Waals surface area contributed by atoms with Gasteiger partial charge >= 0.3 is 6.18 Å². The van der Waals surface area contributed by atoms with Crippen molar-refractivity contribution in [3.05, 3.63) is 77.9 Å². The van der Waals surface area contributed by atoms with E-state index in [0.717, 1.165) is 28.3 Å². The molecular weight excluding hydrogens is 371 g/mol. The first-order chi connectivity index (χ1) is 13.3. The number of alkyl halides is 3. The molecule has 0 radical (unpaired) electrons. The smallest absolute Gasteiger partial charge is 0.394 e. The molecule has 5 nitrogen and oxygen atoms in total. The molecule has 28 heavy (non-hydrogen) atoms. The standard InChI is InChI=1S/C20H18F3N3O2/c1-14-5-6-15(9-18(14)25-8-7-24-12-25)19(11-27)26(13-28)17-4-2-3-16(10-17)20(21,22)23/h2-10,12-13,19,27H,11H2,1H3/t19-/m0/s1. The number of hydrogen-bond acceptors (Lipinski definition) is 3. The number of carbonyl (C=O) groups excluding carboxylic acids is 1. The molecule has 1 amide bonds. The summed E-state index contributed by atoms with van der Waals surface area (Å²) >= 11 is 0. The number of aryl methyl sites for hydroxylation is 1. The van der Waals surface area contributed by atoms with Gasteiger partial charge in [0.2, 0.25) is 6.41 Å². The molecular formula is C20H18F3N3O2. The Hall–Kier alpha value is -3.13. The Morgan fingerprint density at radius 3 is 2.64 bits per heavy atom. The van der Waals surface area contributed by atoms with E-state index in [0.29, 0.717) is 12.0 Å². The largest absolute Gasteiger partial charge is 0.416 e. The Bertz CT molecular complexity index is 956. The normalized spacial score (nSPS) is 12.6. The van der Waals surface area contributed by atoms with E-state index in [1.807, 2.05) is 13.0 Å². The van der Waals surface area contributed by atoms with Crippen LogP contribution in [-0.2, 0) is 11.0 Å². The molecule has 0 aliphatic rings. The highest BCUT2D eigenvalue weighted by molar-refractivity contribution is 5.77. The Balaban J connectivity index is 2.03. The van der Waals surface area contributed by atoms with E-state index in [4.69, 9.17) is 0 Å². The predicted molar refractivity (Wildman–Crippen MR) is 98.1 cm³/mol. The fraction of sp³-hybridized carbons (Fsp3) is 0.200. The van der Waals surface area contributed by atoms with Gasteiger partial charge in [0.15, 0.2) is 0 Å². The van der Waals surface area contributed by atoms with Crippen molar-refractivity contribution in [1.82, 2.24) is 9.55 Å². The number of hydrogen-bond donors (Lipinski definition) is 1. The molecule has 0 unspecified atom stereocenters. The highest BCUT2D eigenvalue weighted by atomic mass is 19.4. The number of aromatic nitrogens is 2. The highest BCUT2D eigenvalue weighted by Crippen LogP contribution is 2.34. The monoisotopic (exact) mass is 389 g/mol. The lowest BCUT2D eigenvalue weighted by Gasteiger charge is -2.28. The number of benzene rings is 2. The molecule has 0 aliphatic heterocycles. The third-order valence-corrected chi connectivity index (χ3v) is 4.49. The van der Waals surface area contributed by atoms with Crippen molar-refractivity contribution in [3.8, 4) is 5.69 Å². The molecule has 3 aromatic rings. The van der Waals surface area contributed by atoms with Crippen LogP contribution in [0.5, 0.6) is 0 Å². The molecule has 0 fully saturated rings. The van der Waals surface area contributed by atoms with Gasteiger partial charge in [0.05, 0.1) is 24.5 Å². The summed E-state index contributed by atoms with van der Waals surface area (Å²) in [5.74, 6) is 0. The lowest BCUT2D eigenvalue weighted by atomic mass is 10.0. The predicted octanol–water partition coefficient (Wildman–Crippen LogP) is 3.90. The number of imidazole rings is 1. The van der Waals surface area contributed by atoms with Crippen LogP contribution in [0.1, 0.15) is 22.7 Å². The molecule has 0 aliphatic carbocycles. The van der Waals surface area contributed by atoms with Gasteiger partial charge in [-0.2, -0.15) is 13.2 Å². The maximum absolute atomic E-state index is 13.0. The van der Waals surface area contributed by atoms with Crippen molar-refractivity contribution in [1.29, 1.82) is 0 Å². The Kier molecular flexibility index (Phi) is 5.51. The molecule has 3 rings (SSSR count). The van der Waals surface area contributed by atoms with Crippen LogP contribution < -0.4 is 4.90 Å². The minimum absolute atomic E-state index is 0.0497. The molecule has 1 heterocycles. The van der Waals surface area contributed by atoms with Crippen LogP contribution in [-0.4, -0.2) is 27.7 Å². The van der Waals surface area contributed by atoms with Crippen molar-refractivity contribution >= 4 is 12.1 Å². The maximum atomic E-state index is 13.0. The lowest BCUT2D eigenvalue weighted by Crippen LogP contribution is -2.30. The number of rotatable bonds is 6. The Morgan fingerprint density at radius 1 is 1.25 bits per heavy atom. The summed E-state index contributed by atoms with van der Waals surface area (Å²) in [5.41, 5.74) is 1.50. The average Bonchev–Trinajstić information content (AvgIpc) is 3.20. The zero-order valence-electron chi connectivity index (χ0n) is 15.0. The van der Waals surface area contributed by atoms with E-state index in [1.165, 1.54) is 12.1 Å². The van der Waals surface area contributed by atoms with Gasteiger partial charge in [0.1, 0.15) is 0 Å². The Morgan fingerprint density at radius 2 is 2.04 bits per heavy atom. The van der Waals surface area contributed by atoms with Crippen molar-refractivity contribution in [2.24, 2.45) is 0 Å². The van der Waals surface area contributed by atoms with E-state index in [1.54, 1.807) is 35.4 Å². The third kappa shape index (κ3) is 3.91. The van der Waals surface area contributed by atoms with Crippen LogP contribution >= 0.6 is 0 Å². The van der Waals surface area contributed by atoms with Gasteiger partial charge in [-0.05, 0) is 42.3 Å². The molecule has 8 heteroatoms. The maximum Gasteiger partial charge on any atom is 0.416 e. The molecule has 1 atom stereocenters. The van der Waals surface area contributed by atoms with Crippen molar-refractivity contribution in [2.45, 2.75) is 19.1 Å². The fourth-order valence-corrected chi connectivity index (χ4v) is 3.02. The highest BCUT2D eigenvalue weighted by Gasteiger charge is 2.31. The van der Waals surface area contributed by atoms with Gasteiger partial charge < -0.3 is 14.6 Å². The number of nitrogens with zero attached hydrogens (tertiary/aromatic N) is 3. The van der Waals surface area contributed by atoms with E-state index in [9.17, 15) is 23.1 Å². The topological polar surface area (TPSA) is 58.4 Å². The second-order valence-electron chi connectivity index (χ2n) is 6.28. The lowest BCUT2D eigenvalue weighted by molar-refractivity contribution is -0.137. The van der Waals surface area contributed by atoms with E-state index in [-0.39, 0.29) is 5.69 Å². The first-order valence-corrected chi connectivity index (χ1v) is 8.45. The zero-order chi connectivity index (χ0) is 20.3. The summed E-state index contributed by atoms with van der Waals surface area (Å²) in [6.45, 7) is 1.44. The van der Waals surface area contributed by atoms with Crippen LogP contribution in [0.4, 0.5) is 18.9 Å². The number of halogens is 3. The number of aliphatic hydroxyl groups is 1. The van der Waals surface area contributed by atoms with Gasteiger partial charge in [-0.1, -0.05) is 18.2 Å². The molecule has 0 saturated carbocycles. The Labute approximate surface area is 159 Å². The first-order valence-electron chi connectivity index (χ1n) is 8.45. The van der Waals surface area contributed by atoms with Crippen LogP contribution in [0.3, 0.4) is 0 Å². The summed E-state index contributed by atoms with van der Waals surface area (Å²) in [7, 11) is 0. The second kappa shape index (κ2) is 7.85. The minimum Gasteiger partial charge on any atom is -0.394 e. The third-order valence-electron chi connectivity index (χ3n) is 4.49. The number of carbonyl (C=O) groups is 1. The molecule has 2 aromatic carbocycles. The van der Waals surface area contributed by atoms with Gasteiger partial charge in [-0.3, -0.25) is 4.79 Å². The summed E-state index contributed by atoms with van der Waals surface area (Å²) in [6, 6.07) is 8.95. The van der Waals surface area contributed by atoms with Crippen molar-refractivity contribution < 1.29 is 23.1 Å². The van der Waals surface area contributed by atoms with Crippen molar-refractivity contribution in [3.63, 3.8) is 0 Å². The molecule has 1 N–H and O–H groups in total. The van der Waals surface area contributed by atoms with Crippen LogP contribution in [0.25, 0.3) is 5.69 Å². The number of anilines is 1. The fourth-order valence-electron chi connectivity index (χ4n) is 3.02. The van der Waals surface area contributed by atoms with Crippen LogP contribution in [0.15, 0.2) is 61.2 Å². The van der Waals surface area contributed by atoms with E-state index < -0.39 is 24.4 Å². The number of amides is 1. The van der Waals surface area contributed by atoms with Gasteiger partial charge in [-0.15, -0.1) is 0 Å². The molecule has 0 saturated heterocycles. The summed E-state index contributed by atoms with van der Waals surface area (Å²) < 4.78 is 40.9. The summed E-state index contributed by atoms with van der Waals surface area (Å²) in [6.07, 6.45) is 0.884. The van der Waals surface area contributed by atoms with Crippen molar-refractivity contribution in [2.75, 3.05) is 11.5 Å². The molecule has 0 bridgehead atoms. The van der Waals surface area contributed by atoms with Gasteiger partial charge in [-0.25, -0.2) is 4.98 Å². The SMILES string of the molecule is Cc1ccc([C@H](CO)N(C=O)c2cccc(C(F)(F)F)c2)cc1-n1ccnc1. The van der Waals surface area contributed by atoms with Crippen LogP contribution in [0, 0.1) is 6.92 Å². The zero-order valence-corrected chi connectivity index (χ0v) is 15.0. The van der Waals surface area contributed by atoms with E-state index in [2.05, 4.69) is 4.98 Å². The first kappa shape index (κ1) is 19.6. The quantitative estimate of drug-likeness (QED) is 0.651. The number of aliphatic hydroxyl groups excluding tert-OH is 1. The van der Waals surface area contributed by atoms with Gasteiger partial charge in [0.25, 0.3) is 0 Å². The summed E-state index contributed by atoms with van der Waals surface area (Å²) in [4.78, 5) is 16.8. The average molecular weight is 389 g/mol. The van der Waals surface area contributed by atoms with Gasteiger partial charge in [0, 0.05) is 23.8 Å². The summed E-state index contributed by atoms with van der Waals surface area (Å²) in [5, 5.41) is 9.92. The molecule has 146 valence electrons.